The summed E-state index contributed by atoms with van der Waals surface area (Å²) in [7, 11) is 0. The van der Waals surface area contributed by atoms with Crippen molar-refractivity contribution >= 4 is 5.91 Å². The fourth-order valence-electron chi connectivity index (χ4n) is 3.48. The van der Waals surface area contributed by atoms with Crippen molar-refractivity contribution in [1.29, 1.82) is 0 Å². The number of aromatic hydroxyl groups is 2. The zero-order chi connectivity index (χ0) is 18.5. The molecule has 0 radical (unpaired) electrons. The van der Waals surface area contributed by atoms with Crippen LogP contribution < -0.4 is 5.32 Å². The Morgan fingerprint density at radius 2 is 2.00 bits per heavy atom. The SMILES string of the molecule is C[C@H](CC1CCCCC1)NC(=O)c1nc(-c2ccccn2)nc(O)c1O. The molecule has 2 heterocycles. The van der Waals surface area contributed by atoms with Crippen LogP contribution >= 0.6 is 0 Å². The molecule has 1 saturated carbocycles. The molecule has 138 valence electrons. The molecule has 26 heavy (non-hydrogen) atoms. The number of pyridine rings is 1. The van der Waals surface area contributed by atoms with Gasteiger partial charge in [-0.05, 0) is 31.4 Å². The zero-order valence-electron chi connectivity index (χ0n) is 14.9. The summed E-state index contributed by atoms with van der Waals surface area (Å²) >= 11 is 0. The maximum atomic E-state index is 12.6. The van der Waals surface area contributed by atoms with Crippen LogP contribution in [0.3, 0.4) is 0 Å². The van der Waals surface area contributed by atoms with Gasteiger partial charge >= 0.3 is 0 Å². The Labute approximate surface area is 152 Å². The summed E-state index contributed by atoms with van der Waals surface area (Å²) in [5.41, 5.74) is 0.167. The van der Waals surface area contributed by atoms with Crippen LogP contribution in [0.15, 0.2) is 24.4 Å². The second-order valence-electron chi connectivity index (χ2n) is 6.90. The predicted molar refractivity (Wildman–Crippen MR) is 96.7 cm³/mol. The number of hydrogen-bond donors (Lipinski definition) is 3. The number of amides is 1. The summed E-state index contributed by atoms with van der Waals surface area (Å²) in [5, 5.41) is 22.8. The fraction of sp³-hybridized carbons (Fsp3) is 0.474. The van der Waals surface area contributed by atoms with Crippen LogP contribution in [-0.2, 0) is 0 Å². The van der Waals surface area contributed by atoms with Gasteiger partial charge in [-0.1, -0.05) is 38.2 Å². The van der Waals surface area contributed by atoms with Crippen molar-refractivity contribution in [1.82, 2.24) is 20.3 Å². The summed E-state index contributed by atoms with van der Waals surface area (Å²) in [6, 6.07) is 5.12. The van der Waals surface area contributed by atoms with E-state index in [-0.39, 0.29) is 17.6 Å². The third-order valence-electron chi connectivity index (χ3n) is 4.76. The van der Waals surface area contributed by atoms with E-state index >= 15 is 0 Å². The monoisotopic (exact) mass is 356 g/mol. The second-order valence-corrected chi connectivity index (χ2v) is 6.90. The number of carbonyl (C=O) groups is 1. The minimum absolute atomic E-state index is 0.0413. The zero-order valence-corrected chi connectivity index (χ0v) is 14.9. The van der Waals surface area contributed by atoms with Gasteiger partial charge in [0.15, 0.2) is 11.5 Å². The van der Waals surface area contributed by atoms with Gasteiger partial charge in [0.1, 0.15) is 5.69 Å². The Morgan fingerprint density at radius 1 is 1.23 bits per heavy atom. The fourth-order valence-corrected chi connectivity index (χ4v) is 3.48. The third kappa shape index (κ3) is 4.28. The minimum atomic E-state index is -0.634. The summed E-state index contributed by atoms with van der Waals surface area (Å²) in [6.07, 6.45) is 8.65. The van der Waals surface area contributed by atoms with Crippen molar-refractivity contribution in [3.63, 3.8) is 0 Å². The molecular formula is C19H24N4O3. The van der Waals surface area contributed by atoms with Gasteiger partial charge in [-0.25, -0.2) is 4.98 Å². The van der Waals surface area contributed by atoms with E-state index in [1.807, 2.05) is 6.92 Å². The first kappa shape index (κ1) is 18.1. The average Bonchev–Trinajstić information content (AvgIpc) is 2.65. The lowest BCUT2D eigenvalue weighted by molar-refractivity contribution is 0.0924. The van der Waals surface area contributed by atoms with Crippen LogP contribution in [0.1, 0.15) is 55.9 Å². The van der Waals surface area contributed by atoms with Gasteiger partial charge in [-0.2, -0.15) is 4.98 Å². The molecule has 0 aliphatic heterocycles. The van der Waals surface area contributed by atoms with E-state index < -0.39 is 17.5 Å². The molecule has 3 N–H and O–H groups in total. The van der Waals surface area contributed by atoms with E-state index in [9.17, 15) is 15.0 Å². The lowest BCUT2D eigenvalue weighted by atomic mass is 9.85. The highest BCUT2D eigenvalue weighted by atomic mass is 16.3. The topological polar surface area (TPSA) is 108 Å². The largest absolute Gasteiger partial charge is 0.501 e. The van der Waals surface area contributed by atoms with E-state index in [0.717, 1.165) is 6.42 Å². The molecule has 2 aromatic rings. The van der Waals surface area contributed by atoms with Crippen molar-refractivity contribution < 1.29 is 15.0 Å². The van der Waals surface area contributed by atoms with E-state index in [4.69, 9.17) is 0 Å². The van der Waals surface area contributed by atoms with Crippen molar-refractivity contribution in [2.24, 2.45) is 5.92 Å². The Morgan fingerprint density at radius 3 is 2.69 bits per heavy atom. The molecule has 3 rings (SSSR count). The van der Waals surface area contributed by atoms with Gasteiger partial charge in [0.2, 0.25) is 5.75 Å². The van der Waals surface area contributed by atoms with Crippen LogP contribution in [0.5, 0.6) is 11.6 Å². The molecule has 0 saturated heterocycles. The number of hydrogen-bond acceptors (Lipinski definition) is 6. The molecule has 1 fully saturated rings. The lowest BCUT2D eigenvalue weighted by Crippen LogP contribution is -2.35. The van der Waals surface area contributed by atoms with Crippen LogP contribution in [0.25, 0.3) is 11.5 Å². The molecule has 0 unspecified atom stereocenters. The Hall–Kier alpha value is -2.70. The van der Waals surface area contributed by atoms with Gasteiger partial charge in [0.25, 0.3) is 11.8 Å². The lowest BCUT2D eigenvalue weighted by Gasteiger charge is -2.25. The molecular weight excluding hydrogens is 332 g/mol. The van der Waals surface area contributed by atoms with Crippen molar-refractivity contribution in [2.45, 2.75) is 51.5 Å². The van der Waals surface area contributed by atoms with Crippen LogP contribution in [0.2, 0.25) is 0 Å². The van der Waals surface area contributed by atoms with Gasteiger partial charge in [0, 0.05) is 12.2 Å². The van der Waals surface area contributed by atoms with E-state index in [2.05, 4.69) is 20.3 Å². The van der Waals surface area contributed by atoms with Crippen molar-refractivity contribution in [3.05, 3.63) is 30.1 Å². The maximum Gasteiger partial charge on any atom is 0.274 e. The molecule has 1 atom stereocenters. The maximum absolute atomic E-state index is 12.6. The molecule has 7 nitrogen and oxygen atoms in total. The predicted octanol–water partition coefficient (Wildman–Crippen LogP) is 3.04. The number of nitrogens with one attached hydrogen (secondary N) is 1. The summed E-state index contributed by atoms with van der Waals surface area (Å²) in [4.78, 5) is 24.6. The molecule has 0 aromatic carbocycles. The van der Waals surface area contributed by atoms with Crippen LogP contribution in [0, 0.1) is 5.92 Å². The Bertz CT molecular complexity index is 761. The molecule has 1 aliphatic rings. The van der Waals surface area contributed by atoms with E-state index in [1.54, 1.807) is 24.4 Å². The Kier molecular flexibility index (Phi) is 5.65. The van der Waals surface area contributed by atoms with Gasteiger partial charge in [-0.15, -0.1) is 0 Å². The van der Waals surface area contributed by atoms with Crippen molar-refractivity contribution in [2.75, 3.05) is 0 Å². The normalized spacial score (nSPS) is 16.2. The number of aromatic nitrogens is 3. The van der Waals surface area contributed by atoms with Crippen molar-refractivity contribution in [3.8, 4) is 23.1 Å². The molecule has 0 bridgehead atoms. The number of carbonyl (C=O) groups excluding carboxylic acids is 1. The minimum Gasteiger partial charge on any atom is -0.501 e. The molecule has 0 spiro atoms. The molecule has 7 heteroatoms. The summed E-state index contributed by atoms with van der Waals surface area (Å²) < 4.78 is 0. The highest BCUT2D eigenvalue weighted by Crippen LogP contribution is 2.29. The van der Waals surface area contributed by atoms with Crippen LogP contribution in [0.4, 0.5) is 0 Å². The molecule has 2 aromatic heterocycles. The summed E-state index contributed by atoms with van der Waals surface area (Å²) in [6.45, 7) is 1.95. The number of rotatable bonds is 5. The first-order chi connectivity index (χ1) is 12.5. The summed E-state index contributed by atoms with van der Waals surface area (Å²) in [5.74, 6) is -1.07. The highest BCUT2D eigenvalue weighted by molar-refractivity contribution is 5.96. The van der Waals surface area contributed by atoms with Gasteiger partial charge in [-0.3, -0.25) is 9.78 Å². The average molecular weight is 356 g/mol. The first-order valence-corrected chi connectivity index (χ1v) is 9.07. The van der Waals surface area contributed by atoms with E-state index in [1.165, 1.54) is 32.1 Å². The highest BCUT2D eigenvalue weighted by Gasteiger charge is 2.23. The smallest absolute Gasteiger partial charge is 0.274 e. The quantitative estimate of drug-likeness (QED) is 0.760. The van der Waals surface area contributed by atoms with Gasteiger partial charge in [0.05, 0.1) is 0 Å². The Balaban J connectivity index is 1.74. The first-order valence-electron chi connectivity index (χ1n) is 9.07. The standard InChI is InChI=1S/C19H24N4O3/c1-12(11-13-7-3-2-4-8-13)21-18(25)15-16(24)19(26)23-17(22-15)14-9-5-6-10-20-14/h5-6,9-10,12-13,24H,2-4,7-8,11H2,1H3,(H,21,25)(H,22,23,26)/t12-/m1/s1. The van der Waals surface area contributed by atoms with Crippen LogP contribution in [-0.4, -0.2) is 37.1 Å². The third-order valence-corrected chi connectivity index (χ3v) is 4.76. The van der Waals surface area contributed by atoms with Gasteiger partial charge < -0.3 is 15.5 Å². The number of nitrogens with zero attached hydrogens (tertiary/aromatic N) is 3. The molecule has 1 amide bonds. The van der Waals surface area contributed by atoms with E-state index in [0.29, 0.717) is 11.6 Å². The molecule has 1 aliphatic carbocycles. The second kappa shape index (κ2) is 8.12.